The second-order valence-corrected chi connectivity index (χ2v) is 5.34. The highest BCUT2D eigenvalue weighted by atomic mass is 16.5. The van der Waals surface area contributed by atoms with Crippen LogP contribution >= 0.6 is 0 Å². The van der Waals surface area contributed by atoms with E-state index in [9.17, 15) is 9.59 Å². The SMILES string of the molecule is COc1cc(C[C@H]2C[C@H](C(C)=O)CC2=O)cc(OC)c1. The zero-order valence-corrected chi connectivity index (χ0v) is 12.1. The molecule has 2 atom stereocenters. The maximum absolute atomic E-state index is 12.0. The second-order valence-electron chi connectivity index (χ2n) is 5.34. The van der Waals surface area contributed by atoms with Crippen molar-refractivity contribution in [2.24, 2.45) is 11.8 Å². The molecule has 0 aliphatic heterocycles. The molecular formula is C16H20O4. The first-order chi connectivity index (χ1) is 9.53. The molecule has 0 N–H and O–H groups in total. The fourth-order valence-corrected chi connectivity index (χ4v) is 2.74. The summed E-state index contributed by atoms with van der Waals surface area (Å²) in [6.07, 6.45) is 1.69. The van der Waals surface area contributed by atoms with Gasteiger partial charge in [-0.3, -0.25) is 9.59 Å². The molecule has 0 saturated heterocycles. The molecule has 0 amide bonds. The number of ketones is 2. The molecular weight excluding hydrogens is 256 g/mol. The lowest BCUT2D eigenvalue weighted by Gasteiger charge is -2.12. The first-order valence-electron chi connectivity index (χ1n) is 6.78. The fourth-order valence-electron chi connectivity index (χ4n) is 2.74. The van der Waals surface area contributed by atoms with Gasteiger partial charge in [0.2, 0.25) is 0 Å². The molecule has 0 unspecified atom stereocenters. The third-order valence-electron chi connectivity index (χ3n) is 3.94. The number of Topliss-reactive ketones (excluding diaryl/α,β-unsaturated/α-hetero) is 2. The summed E-state index contributed by atoms with van der Waals surface area (Å²) >= 11 is 0. The molecule has 1 aliphatic rings. The number of hydrogen-bond donors (Lipinski definition) is 0. The standard InChI is InChI=1S/C16H20O4/c1-10(17)12-7-13(16(18)8-12)4-11-5-14(19-2)9-15(6-11)20-3/h5-6,9,12-13H,4,7-8H2,1-3H3/t12-,13-/m0/s1. The van der Waals surface area contributed by atoms with Crippen molar-refractivity contribution >= 4 is 11.6 Å². The van der Waals surface area contributed by atoms with Crippen molar-refractivity contribution in [1.82, 2.24) is 0 Å². The highest BCUT2D eigenvalue weighted by Crippen LogP contribution is 2.32. The Morgan fingerprint density at radius 2 is 1.80 bits per heavy atom. The van der Waals surface area contributed by atoms with Crippen molar-refractivity contribution in [3.63, 3.8) is 0 Å². The van der Waals surface area contributed by atoms with Gasteiger partial charge in [-0.2, -0.15) is 0 Å². The Morgan fingerprint density at radius 3 is 2.25 bits per heavy atom. The summed E-state index contributed by atoms with van der Waals surface area (Å²) in [6, 6.07) is 5.63. The van der Waals surface area contributed by atoms with Crippen LogP contribution in [0.15, 0.2) is 18.2 Å². The smallest absolute Gasteiger partial charge is 0.137 e. The van der Waals surface area contributed by atoms with E-state index in [1.54, 1.807) is 27.2 Å². The molecule has 4 heteroatoms. The summed E-state index contributed by atoms with van der Waals surface area (Å²) in [5, 5.41) is 0. The van der Waals surface area contributed by atoms with Crippen LogP contribution in [0.5, 0.6) is 11.5 Å². The van der Waals surface area contributed by atoms with Crippen molar-refractivity contribution in [2.75, 3.05) is 14.2 Å². The third kappa shape index (κ3) is 3.18. The van der Waals surface area contributed by atoms with Crippen molar-refractivity contribution < 1.29 is 19.1 Å². The van der Waals surface area contributed by atoms with Crippen LogP contribution in [0.3, 0.4) is 0 Å². The minimum absolute atomic E-state index is 0.0688. The summed E-state index contributed by atoms with van der Waals surface area (Å²) < 4.78 is 10.5. The summed E-state index contributed by atoms with van der Waals surface area (Å²) in [5.41, 5.74) is 1.00. The summed E-state index contributed by atoms with van der Waals surface area (Å²) in [6.45, 7) is 1.56. The summed E-state index contributed by atoms with van der Waals surface area (Å²) in [7, 11) is 3.20. The topological polar surface area (TPSA) is 52.6 Å². The molecule has 1 aliphatic carbocycles. The highest BCUT2D eigenvalue weighted by Gasteiger charge is 2.34. The molecule has 0 spiro atoms. The van der Waals surface area contributed by atoms with Crippen LogP contribution in [0.2, 0.25) is 0 Å². The average Bonchev–Trinajstić information content (AvgIpc) is 2.80. The third-order valence-corrected chi connectivity index (χ3v) is 3.94. The summed E-state index contributed by atoms with van der Waals surface area (Å²) in [5.74, 6) is 1.57. The molecule has 1 aromatic carbocycles. The number of ether oxygens (including phenoxy) is 2. The molecule has 0 radical (unpaired) electrons. The van der Waals surface area contributed by atoms with Crippen molar-refractivity contribution in [3.05, 3.63) is 23.8 Å². The van der Waals surface area contributed by atoms with Crippen LogP contribution in [0.4, 0.5) is 0 Å². The van der Waals surface area contributed by atoms with E-state index in [-0.39, 0.29) is 23.4 Å². The maximum Gasteiger partial charge on any atom is 0.137 e. The van der Waals surface area contributed by atoms with Crippen LogP contribution < -0.4 is 9.47 Å². The lowest BCUT2D eigenvalue weighted by molar-refractivity contribution is -0.124. The van der Waals surface area contributed by atoms with Gasteiger partial charge in [0.25, 0.3) is 0 Å². The van der Waals surface area contributed by atoms with E-state index in [1.807, 2.05) is 12.1 Å². The Morgan fingerprint density at radius 1 is 1.20 bits per heavy atom. The number of carbonyl (C=O) groups is 2. The minimum atomic E-state index is -0.0972. The molecule has 20 heavy (non-hydrogen) atoms. The fraction of sp³-hybridized carbons (Fsp3) is 0.500. The molecule has 0 heterocycles. The van der Waals surface area contributed by atoms with Gasteiger partial charge in [-0.25, -0.2) is 0 Å². The van der Waals surface area contributed by atoms with E-state index in [0.29, 0.717) is 30.8 Å². The van der Waals surface area contributed by atoms with Gasteiger partial charge < -0.3 is 9.47 Å². The molecule has 0 aromatic heterocycles. The molecule has 4 nitrogen and oxygen atoms in total. The number of rotatable bonds is 5. The van der Waals surface area contributed by atoms with E-state index in [1.165, 1.54) is 0 Å². The Labute approximate surface area is 119 Å². The Kier molecular flexibility index (Phi) is 4.42. The van der Waals surface area contributed by atoms with E-state index < -0.39 is 0 Å². The van der Waals surface area contributed by atoms with E-state index in [2.05, 4.69) is 0 Å². The lowest BCUT2D eigenvalue weighted by Crippen LogP contribution is -2.10. The molecule has 2 rings (SSSR count). The lowest BCUT2D eigenvalue weighted by atomic mass is 9.95. The summed E-state index contributed by atoms with van der Waals surface area (Å²) in [4.78, 5) is 23.4. The van der Waals surface area contributed by atoms with Crippen molar-refractivity contribution in [1.29, 1.82) is 0 Å². The first kappa shape index (κ1) is 14.6. The largest absolute Gasteiger partial charge is 0.497 e. The number of hydrogen-bond acceptors (Lipinski definition) is 4. The van der Waals surface area contributed by atoms with E-state index in [4.69, 9.17) is 9.47 Å². The minimum Gasteiger partial charge on any atom is -0.497 e. The number of methoxy groups -OCH3 is 2. The maximum atomic E-state index is 12.0. The average molecular weight is 276 g/mol. The zero-order chi connectivity index (χ0) is 14.7. The van der Waals surface area contributed by atoms with Crippen LogP contribution in [0, 0.1) is 11.8 Å². The van der Waals surface area contributed by atoms with Gasteiger partial charge in [0.1, 0.15) is 23.1 Å². The van der Waals surface area contributed by atoms with Gasteiger partial charge in [0.15, 0.2) is 0 Å². The van der Waals surface area contributed by atoms with Crippen molar-refractivity contribution in [3.8, 4) is 11.5 Å². The zero-order valence-electron chi connectivity index (χ0n) is 12.1. The van der Waals surface area contributed by atoms with E-state index >= 15 is 0 Å². The monoisotopic (exact) mass is 276 g/mol. The normalized spacial score (nSPS) is 21.9. The Balaban J connectivity index is 2.14. The Hall–Kier alpha value is -1.84. The van der Waals surface area contributed by atoms with Gasteiger partial charge >= 0.3 is 0 Å². The molecule has 1 fully saturated rings. The first-order valence-corrected chi connectivity index (χ1v) is 6.78. The van der Waals surface area contributed by atoms with Crippen LogP contribution in [0.25, 0.3) is 0 Å². The molecule has 108 valence electrons. The van der Waals surface area contributed by atoms with Crippen LogP contribution in [0.1, 0.15) is 25.3 Å². The van der Waals surface area contributed by atoms with Crippen molar-refractivity contribution in [2.45, 2.75) is 26.2 Å². The van der Waals surface area contributed by atoms with Crippen LogP contribution in [-0.2, 0) is 16.0 Å². The molecule has 1 aromatic rings. The second kappa shape index (κ2) is 6.07. The molecule has 1 saturated carbocycles. The predicted octanol–water partition coefficient (Wildman–Crippen LogP) is 2.43. The van der Waals surface area contributed by atoms with Gasteiger partial charge in [-0.05, 0) is 37.5 Å². The van der Waals surface area contributed by atoms with Crippen LogP contribution in [-0.4, -0.2) is 25.8 Å². The number of benzene rings is 1. The predicted molar refractivity (Wildman–Crippen MR) is 75.2 cm³/mol. The van der Waals surface area contributed by atoms with Gasteiger partial charge in [0, 0.05) is 24.3 Å². The Bertz CT molecular complexity index is 499. The quantitative estimate of drug-likeness (QED) is 0.829. The number of carbonyl (C=O) groups excluding carboxylic acids is 2. The highest BCUT2D eigenvalue weighted by molar-refractivity contribution is 5.91. The van der Waals surface area contributed by atoms with Gasteiger partial charge in [-0.15, -0.1) is 0 Å². The van der Waals surface area contributed by atoms with E-state index in [0.717, 1.165) is 5.56 Å². The van der Waals surface area contributed by atoms with Gasteiger partial charge in [-0.1, -0.05) is 0 Å². The molecule has 0 bridgehead atoms. The van der Waals surface area contributed by atoms with Gasteiger partial charge in [0.05, 0.1) is 14.2 Å².